The van der Waals surface area contributed by atoms with Crippen LogP contribution in [0.15, 0.2) is 18.0 Å². The van der Waals surface area contributed by atoms with E-state index in [0.29, 0.717) is 29.6 Å². The third kappa shape index (κ3) is 3.11. The van der Waals surface area contributed by atoms with Crippen LogP contribution in [0.2, 0.25) is 0 Å². The number of hydrogen-bond donors (Lipinski definition) is 2. The summed E-state index contributed by atoms with van der Waals surface area (Å²) in [6.07, 6.45) is -1.98. The van der Waals surface area contributed by atoms with E-state index in [9.17, 15) is 13.2 Å². The second kappa shape index (κ2) is 6.04. The fourth-order valence-corrected chi connectivity index (χ4v) is 2.41. The monoisotopic (exact) mass is 313 g/mol. The summed E-state index contributed by atoms with van der Waals surface area (Å²) in [5.74, 6) is 0. The Hall–Kier alpha value is -1.96. The Morgan fingerprint density at radius 2 is 2.09 bits per heavy atom. The van der Waals surface area contributed by atoms with E-state index in [1.54, 1.807) is 7.05 Å². The van der Waals surface area contributed by atoms with Crippen LogP contribution < -0.4 is 5.32 Å². The van der Waals surface area contributed by atoms with Crippen molar-refractivity contribution in [2.24, 2.45) is 0 Å². The van der Waals surface area contributed by atoms with Gasteiger partial charge in [0.1, 0.15) is 5.69 Å². The van der Waals surface area contributed by atoms with E-state index in [1.165, 1.54) is 6.20 Å². The molecule has 1 aromatic heterocycles. The molecule has 0 aliphatic carbocycles. The molecule has 0 saturated carbocycles. The van der Waals surface area contributed by atoms with Crippen LogP contribution in [0.3, 0.4) is 0 Å². The normalized spacial score (nSPS) is 22.6. The highest BCUT2D eigenvalue weighted by Gasteiger charge is 2.34. The van der Waals surface area contributed by atoms with Gasteiger partial charge >= 0.3 is 6.18 Å². The van der Waals surface area contributed by atoms with Crippen molar-refractivity contribution >= 4 is 11.4 Å². The molecule has 2 N–H and O–H groups in total. The number of hydrogen-bond acceptors (Lipinski definition) is 5. The highest BCUT2D eigenvalue weighted by Crippen LogP contribution is 2.29. The first-order chi connectivity index (χ1) is 10.3. The number of alkyl halides is 3. The van der Waals surface area contributed by atoms with Gasteiger partial charge in [-0.3, -0.25) is 9.88 Å². The van der Waals surface area contributed by atoms with Crippen molar-refractivity contribution in [3.05, 3.63) is 29.4 Å². The molecule has 0 amide bonds. The second-order valence-electron chi connectivity index (χ2n) is 5.21. The lowest BCUT2D eigenvalue weighted by Crippen LogP contribution is -2.42. The summed E-state index contributed by atoms with van der Waals surface area (Å²) in [5.41, 5.74) is 0.572. The van der Waals surface area contributed by atoms with E-state index in [1.807, 2.05) is 18.9 Å². The van der Waals surface area contributed by atoms with Crippen molar-refractivity contribution in [1.29, 1.82) is 5.41 Å². The number of aromatic nitrogens is 2. The van der Waals surface area contributed by atoms with Crippen molar-refractivity contribution < 1.29 is 13.2 Å². The summed E-state index contributed by atoms with van der Waals surface area (Å²) in [5, 5.41) is 11.1. The molecule has 0 radical (unpaired) electrons. The smallest absolute Gasteiger partial charge is 0.386 e. The van der Waals surface area contributed by atoms with Crippen LogP contribution in [0.4, 0.5) is 13.2 Å². The number of rotatable bonds is 2. The maximum Gasteiger partial charge on any atom is 0.434 e. The lowest BCUT2D eigenvalue weighted by atomic mass is 9.93. The van der Waals surface area contributed by atoms with E-state index < -0.39 is 11.9 Å². The molecule has 120 valence electrons. The first kappa shape index (κ1) is 16.4. The second-order valence-corrected chi connectivity index (χ2v) is 5.21. The maximum atomic E-state index is 12.8. The Kier molecular flexibility index (Phi) is 4.50. The van der Waals surface area contributed by atoms with E-state index in [0.717, 1.165) is 6.54 Å². The minimum Gasteiger partial charge on any atom is -0.386 e. The van der Waals surface area contributed by atoms with Gasteiger partial charge in [0.25, 0.3) is 0 Å². The van der Waals surface area contributed by atoms with Gasteiger partial charge in [-0.05, 0) is 20.4 Å². The molecule has 0 bridgehead atoms. The van der Waals surface area contributed by atoms with Crippen LogP contribution >= 0.6 is 0 Å². The van der Waals surface area contributed by atoms with Crippen molar-refractivity contribution in [2.45, 2.75) is 25.6 Å². The third-order valence-corrected chi connectivity index (χ3v) is 3.85. The van der Waals surface area contributed by atoms with Crippen LogP contribution in [0, 0.1) is 5.41 Å². The summed E-state index contributed by atoms with van der Waals surface area (Å²) >= 11 is 0. The topological polar surface area (TPSA) is 64.9 Å². The molecule has 5 nitrogen and oxygen atoms in total. The maximum absolute atomic E-state index is 12.8. The molecule has 0 aromatic carbocycles. The Labute approximate surface area is 126 Å². The summed E-state index contributed by atoms with van der Waals surface area (Å²) in [6, 6.07) is -0.0918. The molecule has 1 unspecified atom stereocenters. The molecule has 2 rings (SSSR count). The molecule has 1 atom stereocenters. The molecule has 1 fully saturated rings. The van der Waals surface area contributed by atoms with Crippen LogP contribution in [0.1, 0.15) is 24.7 Å². The lowest BCUT2D eigenvalue weighted by Gasteiger charge is -2.33. The van der Waals surface area contributed by atoms with Crippen molar-refractivity contribution in [3.8, 4) is 0 Å². The predicted molar refractivity (Wildman–Crippen MR) is 77.4 cm³/mol. The van der Waals surface area contributed by atoms with Crippen molar-refractivity contribution in [3.63, 3.8) is 0 Å². The van der Waals surface area contributed by atoms with Gasteiger partial charge in [-0.2, -0.15) is 13.2 Å². The van der Waals surface area contributed by atoms with Gasteiger partial charge in [-0.25, -0.2) is 4.98 Å². The molecule has 8 heteroatoms. The van der Waals surface area contributed by atoms with Gasteiger partial charge in [0.15, 0.2) is 5.69 Å². The Morgan fingerprint density at radius 3 is 2.68 bits per heavy atom. The largest absolute Gasteiger partial charge is 0.434 e. The van der Waals surface area contributed by atoms with Gasteiger partial charge in [-0.15, -0.1) is 0 Å². The van der Waals surface area contributed by atoms with Gasteiger partial charge in [0.2, 0.25) is 0 Å². The van der Waals surface area contributed by atoms with Crippen LogP contribution in [0.25, 0.3) is 5.70 Å². The number of halogens is 3. The van der Waals surface area contributed by atoms with Crippen LogP contribution in [-0.2, 0) is 6.18 Å². The Morgan fingerprint density at radius 1 is 1.41 bits per heavy atom. The van der Waals surface area contributed by atoms with Crippen LogP contribution in [0.5, 0.6) is 0 Å². The number of nitrogens with one attached hydrogen (secondary N) is 2. The van der Waals surface area contributed by atoms with E-state index in [4.69, 9.17) is 5.41 Å². The first-order valence-corrected chi connectivity index (χ1v) is 6.85. The average Bonchev–Trinajstić information content (AvgIpc) is 2.47. The molecule has 2 heterocycles. The van der Waals surface area contributed by atoms with Crippen LogP contribution in [-0.4, -0.2) is 47.3 Å². The number of nitrogens with zero attached hydrogens (tertiary/aromatic N) is 3. The van der Waals surface area contributed by atoms with E-state index in [2.05, 4.69) is 15.3 Å². The molecule has 1 aromatic rings. The zero-order valence-electron chi connectivity index (χ0n) is 12.6. The predicted octanol–water partition coefficient (Wildman–Crippen LogP) is 2.17. The summed E-state index contributed by atoms with van der Waals surface area (Å²) in [6.45, 7) is 2.63. The number of piperidine rings is 1. The Bertz CT molecular complexity index is 609. The summed E-state index contributed by atoms with van der Waals surface area (Å²) in [7, 11) is 3.53. The first-order valence-electron chi connectivity index (χ1n) is 6.85. The zero-order valence-corrected chi connectivity index (χ0v) is 12.6. The van der Waals surface area contributed by atoms with Crippen molar-refractivity contribution in [1.82, 2.24) is 20.2 Å². The molecule has 22 heavy (non-hydrogen) atoms. The third-order valence-electron chi connectivity index (χ3n) is 3.85. The highest BCUT2D eigenvalue weighted by molar-refractivity contribution is 6.07. The minimum atomic E-state index is -4.54. The van der Waals surface area contributed by atoms with Gasteiger partial charge in [0, 0.05) is 25.2 Å². The summed E-state index contributed by atoms with van der Waals surface area (Å²) < 4.78 is 38.3. The molecule has 1 aliphatic heterocycles. The molecular formula is C14H18F3N5. The minimum absolute atomic E-state index is 0.0918. The average molecular weight is 313 g/mol. The van der Waals surface area contributed by atoms with Gasteiger partial charge < -0.3 is 10.7 Å². The van der Waals surface area contributed by atoms with Gasteiger partial charge in [0.05, 0.1) is 23.8 Å². The summed E-state index contributed by atoms with van der Waals surface area (Å²) in [4.78, 5) is 9.31. The molecule has 1 aliphatic rings. The highest BCUT2D eigenvalue weighted by atomic mass is 19.4. The molecular weight excluding hydrogens is 295 g/mol. The standard InChI is InChI=1S/C14H18F3N5/c1-8-12(18)9(4-5-22(8)3)13(19-2)10-6-20-7-11(21-10)14(15,16)17/h6-8,18-19H,4-5H2,1-3H3/b13-9-,18-12?. The quantitative estimate of drug-likeness (QED) is 0.878. The van der Waals surface area contributed by atoms with Crippen molar-refractivity contribution in [2.75, 3.05) is 20.6 Å². The lowest BCUT2D eigenvalue weighted by molar-refractivity contribution is -0.141. The molecule has 0 spiro atoms. The van der Waals surface area contributed by atoms with Gasteiger partial charge in [-0.1, -0.05) is 0 Å². The fraction of sp³-hybridized carbons (Fsp3) is 0.500. The SMILES string of the molecule is CN/C(=C1/CCN(C)C(C)C1=N)c1cncc(C(F)(F)F)n1. The fourth-order valence-electron chi connectivity index (χ4n) is 2.41. The zero-order chi connectivity index (χ0) is 16.5. The van der Waals surface area contributed by atoms with E-state index in [-0.39, 0.29) is 11.7 Å². The molecule has 1 saturated heterocycles. The number of likely N-dealkylation sites (tertiary alicyclic amines) is 1. The van der Waals surface area contributed by atoms with E-state index >= 15 is 0 Å². The Balaban J connectivity index is 2.48.